The topological polar surface area (TPSA) is 0 Å². The summed E-state index contributed by atoms with van der Waals surface area (Å²) >= 11 is 0. The van der Waals surface area contributed by atoms with Crippen molar-refractivity contribution in [3.05, 3.63) is 89.5 Å². The molecule has 1 nitrogen and oxygen atoms in total. The van der Waals surface area contributed by atoms with Crippen molar-refractivity contribution in [2.75, 3.05) is 14.1 Å². The minimum Gasteiger partial charge on any atom is -0.290 e. The van der Waals surface area contributed by atoms with Crippen molar-refractivity contribution in [3.8, 4) is 11.1 Å². The van der Waals surface area contributed by atoms with Gasteiger partial charge in [-0.3, -0.25) is 4.48 Å². The summed E-state index contributed by atoms with van der Waals surface area (Å²) in [5, 5.41) is 0. The summed E-state index contributed by atoms with van der Waals surface area (Å²) in [5.41, 5.74) is 8.65. The molecule has 0 bridgehead atoms. The number of benzene rings is 3. The lowest BCUT2D eigenvalue weighted by Gasteiger charge is -2.40. The molecule has 0 N–H and O–H groups in total. The Kier molecular flexibility index (Phi) is 4.42. The first-order valence-corrected chi connectivity index (χ1v) is 9.66. The Morgan fingerprint density at radius 1 is 0.769 bits per heavy atom. The zero-order chi connectivity index (χ0) is 18.1. The predicted octanol–water partition coefficient (Wildman–Crippen LogP) is 6.31. The van der Waals surface area contributed by atoms with Crippen molar-refractivity contribution in [2.45, 2.75) is 32.2 Å². The van der Waals surface area contributed by atoms with Crippen LogP contribution in [0.4, 0.5) is 5.69 Å². The zero-order valence-corrected chi connectivity index (χ0v) is 16.1. The second-order valence-electron chi connectivity index (χ2n) is 7.97. The Bertz CT molecular complexity index is 908. The summed E-state index contributed by atoms with van der Waals surface area (Å²) in [5.74, 6) is 0. The largest absolute Gasteiger partial charge is 0.290 e. The van der Waals surface area contributed by atoms with E-state index in [0.717, 1.165) is 4.48 Å². The Balaban J connectivity index is 1.90. The van der Waals surface area contributed by atoms with Gasteiger partial charge in [0.25, 0.3) is 0 Å². The van der Waals surface area contributed by atoms with Crippen LogP contribution in [0.3, 0.4) is 0 Å². The molecular weight excluding hydrogens is 314 g/mol. The number of fused-ring (bicyclic) bond motifs is 3. The number of hydrogen-bond acceptors (Lipinski definition) is 0. The van der Waals surface area contributed by atoms with E-state index in [1.165, 1.54) is 52.8 Å². The third-order valence-corrected chi connectivity index (χ3v) is 6.13. The van der Waals surface area contributed by atoms with E-state index < -0.39 is 0 Å². The number of quaternary nitrogens is 1. The van der Waals surface area contributed by atoms with Gasteiger partial charge < -0.3 is 0 Å². The summed E-state index contributed by atoms with van der Waals surface area (Å²) in [7, 11) is 4.71. The van der Waals surface area contributed by atoms with Gasteiger partial charge in [0.2, 0.25) is 0 Å². The molecule has 0 radical (unpaired) electrons. The standard InChI is InChI=1S/C25H28N/c1-19-11-9-17-22-21(19)16-10-18-25(24-15-8-7-14-23(22)24)26(2,3)20-12-5-4-6-13-20/h4-9,11-15,17,25H,10,16,18H2,1-3H3/q+1. The van der Waals surface area contributed by atoms with Crippen molar-refractivity contribution in [3.63, 3.8) is 0 Å². The van der Waals surface area contributed by atoms with Crippen LogP contribution in [-0.2, 0) is 6.42 Å². The van der Waals surface area contributed by atoms with Crippen LogP contribution in [-0.4, -0.2) is 14.1 Å². The number of hydrogen-bond donors (Lipinski definition) is 0. The van der Waals surface area contributed by atoms with Gasteiger partial charge in [0.1, 0.15) is 11.7 Å². The molecule has 0 spiro atoms. The van der Waals surface area contributed by atoms with E-state index in [2.05, 4.69) is 93.8 Å². The lowest BCUT2D eigenvalue weighted by Crippen LogP contribution is -2.44. The van der Waals surface area contributed by atoms with Crippen LogP contribution in [0.1, 0.15) is 35.6 Å². The highest BCUT2D eigenvalue weighted by Gasteiger charge is 2.34. The van der Waals surface area contributed by atoms with Gasteiger partial charge in [0.15, 0.2) is 0 Å². The Morgan fingerprint density at radius 3 is 2.27 bits per heavy atom. The molecule has 4 rings (SSSR count). The van der Waals surface area contributed by atoms with E-state index in [1.54, 1.807) is 0 Å². The van der Waals surface area contributed by atoms with E-state index in [4.69, 9.17) is 0 Å². The molecule has 1 unspecified atom stereocenters. The maximum absolute atomic E-state index is 2.36. The first kappa shape index (κ1) is 17.1. The van der Waals surface area contributed by atoms with Crippen molar-refractivity contribution in [1.29, 1.82) is 0 Å². The molecule has 0 aromatic heterocycles. The van der Waals surface area contributed by atoms with E-state index in [-0.39, 0.29) is 0 Å². The quantitative estimate of drug-likeness (QED) is 0.479. The van der Waals surface area contributed by atoms with Crippen molar-refractivity contribution < 1.29 is 0 Å². The number of para-hydroxylation sites is 1. The second-order valence-corrected chi connectivity index (χ2v) is 7.97. The molecule has 0 saturated carbocycles. The molecule has 3 aromatic rings. The fourth-order valence-corrected chi connectivity index (χ4v) is 4.61. The zero-order valence-electron chi connectivity index (χ0n) is 16.1. The fraction of sp³-hybridized carbons (Fsp3) is 0.280. The summed E-state index contributed by atoms with van der Waals surface area (Å²) in [4.78, 5) is 0. The predicted molar refractivity (Wildman–Crippen MR) is 112 cm³/mol. The molecule has 26 heavy (non-hydrogen) atoms. The van der Waals surface area contributed by atoms with Crippen LogP contribution in [0.2, 0.25) is 0 Å². The molecule has 132 valence electrons. The first-order valence-electron chi connectivity index (χ1n) is 9.66. The highest BCUT2D eigenvalue weighted by atomic mass is 15.3. The summed E-state index contributed by atoms with van der Waals surface area (Å²) < 4.78 is 0.888. The van der Waals surface area contributed by atoms with Crippen LogP contribution < -0.4 is 4.48 Å². The normalized spacial score (nSPS) is 17.0. The highest BCUT2D eigenvalue weighted by molar-refractivity contribution is 5.73. The molecule has 0 heterocycles. The number of nitrogens with zero attached hydrogens (tertiary/aromatic N) is 1. The SMILES string of the molecule is Cc1cccc2c1CCCC([N+](C)(C)c1ccccc1)c1ccccc1-2. The Hall–Kier alpha value is -2.38. The van der Waals surface area contributed by atoms with Gasteiger partial charge in [-0.05, 0) is 54.2 Å². The van der Waals surface area contributed by atoms with Crippen LogP contribution in [0, 0.1) is 6.92 Å². The van der Waals surface area contributed by atoms with Gasteiger partial charge in [-0.15, -0.1) is 0 Å². The highest BCUT2D eigenvalue weighted by Crippen LogP contribution is 2.43. The number of aryl methyl sites for hydroxylation is 1. The number of rotatable bonds is 2. The minimum absolute atomic E-state index is 0.460. The summed E-state index contributed by atoms with van der Waals surface area (Å²) in [6.07, 6.45) is 3.60. The van der Waals surface area contributed by atoms with Gasteiger partial charge >= 0.3 is 0 Å². The Morgan fingerprint density at radius 2 is 1.46 bits per heavy atom. The fourth-order valence-electron chi connectivity index (χ4n) is 4.61. The lowest BCUT2D eigenvalue weighted by atomic mass is 9.82. The molecule has 0 saturated heterocycles. The molecule has 1 aliphatic carbocycles. The van der Waals surface area contributed by atoms with Gasteiger partial charge in [0, 0.05) is 12.0 Å². The van der Waals surface area contributed by atoms with Gasteiger partial charge in [0.05, 0.1) is 14.1 Å². The second kappa shape index (κ2) is 6.74. The monoisotopic (exact) mass is 342 g/mol. The molecule has 3 aromatic carbocycles. The van der Waals surface area contributed by atoms with Crippen LogP contribution >= 0.6 is 0 Å². The molecule has 0 aliphatic heterocycles. The van der Waals surface area contributed by atoms with Crippen LogP contribution in [0.5, 0.6) is 0 Å². The maximum atomic E-state index is 2.36. The maximum Gasteiger partial charge on any atom is 0.132 e. The van der Waals surface area contributed by atoms with E-state index >= 15 is 0 Å². The Labute approximate surface area is 157 Å². The first-order chi connectivity index (χ1) is 12.6. The van der Waals surface area contributed by atoms with Gasteiger partial charge in [-0.2, -0.15) is 0 Å². The molecular formula is C25H28N+. The molecule has 1 atom stereocenters. The minimum atomic E-state index is 0.460. The average molecular weight is 343 g/mol. The van der Waals surface area contributed by atoms with E-state index in [1.807, 2.05) is 0 Å². The van der Waals surface area contributed by atoms with E-state index in [0.29, 0.717) is 6.04 Å². The molecule has 0 fully saturated rings. The molecule has 1 aliphatic rings. The smallest absolute Gasteiger partial charge is 0.132 e. The molecule has 0 amide bonds. The third-order valence-electron chi connectivity index (χ3n) is 6.13. The van der Waals surface area contributed by atoms with Crippen molar-refractivity contribution >= 4 is 5.69 Å². The lowest BCUT2D eigenvalue weighted by molar-refractivity contribution is 0.276. The van der Waals surface area contributed by atoms with Gasteiger partial charge in [-0.1, -0.05) is 60.7 Å². The average Bonchev–Trinajstić information content (AvgIpc) is 2.65. The van der Waals surface area contributed by atoms with E-state index in [9.17, 15) is 0 Å². The third kappa shape index (κ3) is 2.87. The molecule has 1 heteroatoms. The van der Waals surface area contributed by atoms with Gasteiger partial charge in [-0.25, -0.2) is 0 Å². The van der Waals surface area contributed by atoms with Crippen molar-refractivity contribution in [1.82, 2.24) is 4.48 Å². The summed E-state index contributed by atoms with van der Waals surface area (Å²) in [6, 6.07) is 27.2. The van der Waals surface area contributed by atoms with Crippen LogP contribution in [0.15, 0.2) is 72.8 Å². The summed E-state index contributed by atoms with van der Waals surface area (Å²) in [6.45, 7) is 2.25. The van der Waals surface area contributed by atoms with Crippen LogP contribution in [0.25, 0.3) is 11.1 Å². The van der Waals surface area contributed by atoms with Crippen molar-refractivity contribution in [2.24, 2.45) is 0 Å².